The largest absolute Gasteiger partial charge is 0.493 e. The zero-order chi connectivity index (χ0) is 22.8. The van der Waals surface area contributed by atoms with Gasteiger partial charge in [-0.05, 0) is 47.8 Å². The molecule has 32 heavy (non-hydrogen) atoms. The molecule has 0 saturated heterocycles. The number of aromatic nitrogens is 2. The number of hydrogen-bond donors (Lipinski definition) is 2. The van der Waals surface area contributed by atoms with Gasteiger partial charge >= 0.3 is 0 Å². The molecule has 168 valence electrons. The number of hydrogen-bond acceptors (Lipinski definition) is 6. The number of methoxy groups -OCH3 is 3. The first-order chi connectivity index (χ1) is 15.5. The van der Waals surface area contributed by atoms with Crippen molar-refractivity contribution in [3.63, 3.8) is 0 Å². The zero-order valence-corrected chi connectivity index (χ0v) is 18.6. The van der Waals surface area contributed by atoms with Crippen molar-refractivity contribution in [3.8, 4) is 17.2 Å². The fourth-order valence-electron chi connectivity index (χ4n) is 4.44. The Bertz CT molecular complexity index is 1120. The van der Waals surface area contributed by atoms with Gasteiger partial charge in [-0.2, -0.15) is 0 Å². The number of nitrogens with zero attached hydrogens (tertiary/aromatic N) is 2. The number of aryl methyl sites for hydroxylation is 1. The summed E-state index contributed by atoms with van der Waals surface area (Å²) in [5.74, 6) is 1.49. The molecule has 2 aliphatic carbocycles. The summed E-state index contributed by atoms with van der Waals surface area (Å²) in [5.41, 5.74) is 4.20. The highest BCUT2D eigenvalue weighted by Crippen LogP contribution is 2.49. The van der Waals surface area contributed by atoms with Gasteiger partial charge in [0.15, 0.2) is 11.5 Å². The smallest absolute Gasteiger partial charge is 0.217 e. The molecule has 2 aromatic rings. The van der Waals surface area contributed by atoms with E-state index in [0.717, 1.165) is 22.3 Å². The van der Waals surface area contributed by atoms with Gasteiger partial charge in [-0.15, -0.1) is 0 Å². The molecular formula is C24H27N3O5. The van der Waals surface area contributed by atoms with Crippen molar-refractivity contribution in [2.45, 2.75) is 31.9 Å². The van der Waals surface area contributed by atoms with Crippen LogP contribution in [0.4, 0.5) is 0 Å². The van der Waals surface area contributed by atoms with Gasteiger partial charge in [-0.3, -0.25) is 4.79 Å². The average Bonchev–Trinajstić information content (AvgIpc) is 3.20. The molecule has 8 heteroatoms. The van der Waals surface area contributed by atoms with Crippen LogP contribution in [0.1, 0.15) is 24.5 Å². The van der Waals surface area contributed by atoms with Gasteiger partial charge in [-0.1, -0.05) is 6.08 Å². The molecule has 0 unspecified atom stereocenters. The molecule has 2 N–H and O–H groups in total. The Morgan fingerprint density at radius 2 is 1.97 bits per heavy atom. The minimum Gasteiger partial charge on any atom is -0.493 e. The molecule has 0 radical (unpaired) electrons. The van der Waals surface area contributed by atoms with Crippen molar-refractivity contribution in [1.29, 1.82) is 0 Å². The maximum atomic E-state index is 12.0. The molecule has 1 amide bonds. The summed E-state index contributed by atoms with van der Waals surface area (Å²) in [6, 6.07) is 1.67. The summed E-state index contributed by atoms with van der Waals surface area (Å²) in [6.45, 7) is 1.50. The van der Waals surface area contributed by atoms with Crippen LogP contribution in [-0.4, -0.2) is 54.0 Å². The van der Waals surface area contributed by atoms with Crippen molar-refractivity contribution in [2.75, 3.05) is 21.3 Å². The van der Waals surface area contributed by atoms with Crippen LogP contribution in [0.5, 0.6) is 17.2 Å². The molecule has 0 bridgehead atoms. The van der Waals surface area contributed by atoms with E-state index in [1.807, 2.05) is 18.2 Å². The highest BCUT2D eigenvalue weighted by Gasteiger charge is 2.32. The van der Waals surface area contributed by atoms with E-state index < -0.39 is 6.10 Å². The topological polar surface area (TPSA) is 94.8 Å². The number of carbonyl (C=O) groups is 1. The maximum Gasteiger partial charge on any atom is 0.217 e. The second-order valence-corrected chi connectivity index (χ2v) is 7.68. The van der Waals surface area contributed by atoms with Crippen molar-refractivity contribution >= 4 is 17.2 Å². The van der Waals surface area contributed by atoms with Crippen LogP contribution in [0.3, 0.4) is 0 Å². The Kier molecular flexibility index (Phi) is 6.05. The van der Waals surface area contributed by atoms with Crippen molar-refractivity contribution in [2.24, 2.45) is 0 Å². The Morgan fingerprint density at radius 1 is 1.19 bits per heavy atom. The van der Waals surface area contributed by atoms with Crippen LogP contribution in [0.2, 0.25) is 0 Å². The third-order valence-corrected chi connectivity index (χ3v) is 5.81. The Balaban J connectivity index is 1.98. The summed E-state index contributed by atoms with van der Waals surface area (Å²) >= 11 is 0. The molecule has 0 spiro atoms. The first-order valence-electron chi connectivity index (χ1n) is 10.4. The summed E-state index contributed by atoms with van der Waals surface area (Å²) in [4.78, 5) is 16.1. The van der Waals surface area contributed by atoms with E-state index in [9.17, 15) is 9.90 Å². The van der Waals surface area contributed by atoms with Crippen LogP contribution in [0.15, 0.2) is 48.6 Å². The zero-order valence-electron chi connectivity index (χ0n) is 18.6. The summed E-state index contributed by atoms with van der Waals surface area (Å²) in [6.07, 6.45) is 11.1. The number of allylic oxidation sites excluding steroid dienone is 2. The number of benzene rings is 1. The fraction of sp³-hybridized carbons (Fsp3) is 0.333. The SMILES string of the molecule is COc1cc2c(c(OC)c1OC)C1=CC=C(n3ccnc3)[C@@H](O)C=C1[C@@H](NC(C)=O)CC2. The highest BCUT2D eigenvalue weighted by atomic mass is 16.5. The normalized spacial score (nSPS) is 19.8. The van der Waals surface area contributed by atoms with Gasteiger partial charge in [0.2, 0.25) is 11.7 Å². The third kappa shape index (κ3) is 3.78. The molecular weight excluding hydrogens is 410 g/mol. The lowest BCUT2D eigenvalue weighted by Gasteiger charge is -2.23. The Morgan fingerprint density at radius 3 is 2.59 bits per heavy atom. The number of nitrogens with one attached hydrogen (secondary N) is 1. The number of rotatable bonds is 5. The molecule has 1 aromatic heterocycles. The van der Waals surface area contributed by atoms with Gasteiger partial charge in [0.1, 0.15) is 6.10 Å². The van der Waals surface area contributed by atoms with Crippen LogP contribution in [-0.2, 0) is 11.2 Å². The van der Waals surface area contributed by atoms with Crippen molar-refractivity contribution in [1.82, 2.24) is 14.9 Å². The molecule has 2 aliphatic rings. The molecule has 4 rings (SSSR count). The molecule has 0 saturated carbocycles. The van der Waals surface area contributed by atoms with Crippen molar-refractivity contribution in [3.05, 3.63) is 59.7 Å². The number of aliphatic hydroxyl groups excluding tert-OH is 1. The minimum absolute atomic E-state index is 0.134. The van der Waals surface area contributed by atoms with E-state index in [4.69, 9.17) is 14.2 Å². The first-order valence-corrected chi connectivity index (χ1v) is 10.4. The number of amides is 1. The number of carbonyl (C=O) groups excluding carboxylic acids is 1. The van der Waals surface area contributed by atoms with Gasteiger partial charge in [0.25, 0.3) is 0 Å². The average molecular weight is 437 g/mol. The van der Waals surface area contributed by atoms with Crippen LogP contribution in [0.25, 0.3) is 11.3 Å². The summed E-state index contributed by atoms with van der Waals surface area (Å²) < 4.78 is 18.7. The van der Waals surface area contributed by atoms with Gasteiger partial charge < -0.3 is 29.2 Å². The second kappa shape index (κ2) is 8.92. The molecule has 0 aliphatic heterocycles. The maximum absolute atomic E-state index is 12.0. The number of imidazole rings is 1. The van der Waals surface area contributed by atoms with E-state index in [2.05, 4.69) is 10.3 Å². The first kappa shape index (κ1) is 21.7. The van der Waals surface area contributed by atoms with Crippen LogP contribution >= 0.6 is 0 Å². The number of ether oxygens (including phenoxy) is 3. The standard InChI is InChI=1S/C24H27N3O5/c1-14(28)26-18-7-5-15-11-21(30-2)23(31-3)24(32-4)22(15)16-6-8-19(20(29)12-17(16)18)27-10-9-25-13-27/h6,8-13,18,20,29H,5,7H2,1-4H3,(H,26,28)/t18-,20-/m0/s1. The van der Waals surface area contributed by atoms with E-state index in [-0.39, 0.29) is 11.9 Å². The van der Waals surface area contributed by atoms with E-state index in [0.29, 0.717) is 35.8 Å². The second-order valence-electron chi connectivity index (χ2n) is 7.68. The lowest BCUT2D eigenvalue weighted by atomic mass is 9.91. The van der Waals surface area contributed by atoms with Crippen molar-refractivity contribution < 1.29 is 24.1 Å². The molecule has 2 atom stereocenters. The van der Waals surface area contributed by atoms with E-state index in [1.54, 1.807) is 50.7 Å². The lowest BCUT2D eigenvalue weighted by Crippen LogP contribution is -2.35. The van der Waals surface area contributed by atoms with E-state index >= 15 is 0 Å². The predicted molar refractivity (Wildman–Crippen MR) is 121 cm³/mol. The van der Waals surface area contributed by atoms with Crippen LogP contribution < -0.4 is 19.5 Å². The molecule has 8 nitrogen and oxygen atoms in total. The van der Waals surface area contributed by atoms with E-state index in [1.165, 1.54) is 6.92 Å². The van der Waals surface area contributed by atoms with Gasteiger partial charge in [0, 0.05) is 24.9 Å². The number of aliphatic hydroxyl groups is 1. The molecule has 1 aromatic carbocycles. The molecule has 0 fully saturated rings. The lowest BCUT2D eigenvalue weighted by molar-refractivity contribution is -0.119. The minimum atomic E-state index is -0.892. The number of fused-ring (bicyclic) bond motifs is 3. The molecule has 1 heterocycles. The summed E-state index contributed by atoms with van der Waals surface area (Å²) in [5, 5.41) is 14.1. The predicted octanol–water partition coefficient (Wildman–Crippen LogP) is 2.59. The van der Waals surface area contributed by atoms with Gasteiger partial charge in [0.05, 0.1) is 39.4 Å². The third-order valence-electron chi connectivity index (χ3n) is 5.81. The fourth-order valence-corrected chi connectivity index (χ4v) is 4.44. The summed E-state index contributed by atoms with van der Waals surface area (Å²) in [7, 11) is 4.76. The Labute approximate surface area is 186 Å². The highest BCUT2D eigenvalue weighted by molar-refractivity contribution is 5.91. The monoisotopic (exact) mass is 437 g/mol. The quantitative estimate of drug-likeness (QED) is 0.747. The van der Waals surface area contributed by atoms with Crippen LogP contribution in [0, 0.1) is 0 Å². The van der Waals surface area contributed by atoms with Gasteiger partial charge in [-0.25, -0.2) is 4.98 Å². The Hall–Kier alpha value is -3.52.